The molecule has 1 amide bonds. The van der Waals surface area contributed by atoms with Crippen molar-refractivity contribution >= 4 is 17.8 Å². The summed E-state index contributed by atoms with van der Waals surface area (Å²) in [6.45, 7) is 5.56. The highest BCUT2D eigenvalue weighted by Crippen LogP contribution is 2.45. The molecule has 0 aliphatic carbocycles. The number of carbonyl (C=O) groups excluding carboxylic acids is 3. The van der Waals surface area contributed by atoms with E-state index in [-0.39, 0.29) is 26.1 Å². The van der Waals surface area contributed by atoms with Crippen LogP contribution >= 0.6 is 0 Å². The van der Waals surface area contributed by atoms with Gasteiger partial charge in [-0.1, -0.05) is 80.9 Å². The van der Waals surface area contributed by atoms with Gasteiger partial charge in [-0.15, -0.1) is 0 Å². The number of likely N-dealkylation sites (tertiary alicyclic amines) is 1. The third-order valence-corrected chi connectivity index (χ3v) is 6.92. The molecule has 1 saturated heterocycles. The number of aliphatic hydroxyl groups excluding tert-OH is 1. The van der Waals surface area contributed by atoms with Gasteiger partial charge in [0.1, 0.15) is 18.9 Å². The van der Waals surface area contributed by atoms with Gasteiger partial charge in [0, 0.05) is 6.42 Å². The van der Waals surface area contributed by atoms with Gasteiger partial charge in [0.2, 0.25) is 5.91 Å². The lowest BCUT2D eigenvalue weighted by Crippen LogP contribution is -2.52. The van der Waals surface area contributed by atoms with Crippen LogP contribution in [0, 0.1) is 11.3 Å². The summed E-state index contributed by atoms with van der Waals surface area (Å²) in [6.07, 6.45) is -0.126. The molecular formula is C28H35NO6. The summed E-state index contributed by atoms with van der Waals surface area (Å²) in [5.41, 5.74) is 0.231. The first-order valence-electron chi connectivity index (χ1n) is 12.3. The van der Waals surface area contributed by atoms with Crippen LogP contribution in [0.4, 0.5) is 0 Å². The molecular weight excluding hydrogens is 446 g/mol. The molecule has 1 heterocycles. The fourth-order valence-corrected chi connectivity index (χ4v) is 4.73. The van der Waals surface area contributed by atoms with Crippen molar-refractivity contribution in [3.05, 3.63) is 71.8 Å². The maximum atomic E-state index is 13.9. The van der Waals surface area contributed by atoms with E-state index in [2.05, 4.69) is 0 Å². The van der Waals surface area contributed by atoms with Crippen LogP contribution in [0.3, 0.4) is 0 Å². The lowest BCUT2D eigenvalue weighted by Gasteiger charge is -2.33. The fraction of sp³-hybridized carbons (Fsp3) is 0.464. The van der Waals surface area contributed by atoms with Gasteiger partial charge in [-0.05, 0) is 36.8 Å². The summed E-state index contributed by atoms with van der Waals surface area (Å²) in [5, 5.41) is 11.0. The van der Waals surface area contributed by atoms with Gasteiger partial charge in [-0.25, -0.2) is 4.79 Å². The average Bonchev–Trinajstić information content (AvgIpc) is 3.14. The number of esters is 2. The van der Waals surface area contributed by atoms with Gasteiger partial charge < -0.3 is 19.5 Å². The Balaban J connectivity index is 1.88. The number of carbonyl (C=O) groups is 3. The number of nitrogens with zero attached hydrogens (tertiary/aromatic N) is 1. The van der Waals surface area contributed by atoms with E-state index in [0.717, 1.165) is 16.0 Å². The number of aryl methyl sites for hydroxylation is 1. The van der Waals surface area contributed by atoms with E-state index in [1.54, 1.807) is 13.8 Å². The zero-order valence-electron chi connectivity index (χ0n) is 20.7. The van der Waals surface area contributed by atoms with E-state index in [0.29, 0.717) is 12.8 Å². The first-order chi connectivity index (χ1) is 16.8. The Hall–Kier alpha value is -3.19. The smallest absolute Gasteiger partial charge is 0.328 e. The van der Waals surface area contributed by atoms with Gasteiger partial charge in [0.05, 0.1) is 6.61 Å². The highest BCUT2D eigenvalue weighted by atomic mass is 16.5. The summed E-state index contributed by atoms with van der Waals surface area (Å²) < 4.78 is 10.9. The van der Waals surface area contributed by atoms with E-state index < -0.39 is 41.4 Å². The second kappa shape index (κ2) is 12.0. The Bertz CT molecular complexity index is 995. The SMILES string of the molecule is CCOC(=O)[C@H](CCc1ccccc1)N1C(=O)[C@@](C(=O)OCc2ccccc2)([C@H](C)CC)CC1O. The molecule has 1 N–H and O–H groups in total. The molecule has 7 heteroatoms. The quantitative estimate of drug-likeness (QED) is 0.387. The van der Waals surface area contributed by atoms with E-state index in [1.807, 2.05) is 67.6 Å². The minimum Gasteiger partial charge on any atom is -0.464 e. The number of amides is 1. The predicted octanol–water partition coefficient (Wildman–Crippen LogP) is 3.88. The topological polar surface area (TPSA) is 93.1 Å². The minimum atomic E-state index is -1.57. The van der Waals surface area contributed by atoms with E-state index in [9.17, 15) is 19.5 Å². The van der Waals surface area contributed by atoms with Gasteiger partial charge in [-0.2, -0.15) is 0 Å². The Morgan fingerprint density at radius 1 is 1.03 bits per heavy atom. The molecule has 0 aromatic heterocycles. The van der Waals surface area contributed by atoms with Gasteiger partial charge in [-0.3, -0.25) is 9.59 Å². The molecule has 0 radical (unpaired) electrons. The molecule has 1 aliphatic rings. The standard InChI is InChI=1S/C28H35NO6/c1-4-20(3)28(27(33)35-19-22-14-10-7-11-15-22)18-24(30)29(26(28)32)23(25(31)34-5-2)17-16-21-12-8-6-9-13-21/h6-15,20,23-24,30H,4-5,16-19H2,1-3H3/t20-,23+,24?,28+/m1/s1. The van der Waals surface area contributed by atoms with Crippen LogP contribution in [-0.4, -0.2) is 46.7 Å². The van der Waals surface area contributed by atoms with E-state index >= 15 is 0 Å². The third kappa shape index (κ3) is 5.73. The molecule has 0 saturated carbocycles. The Morgan fingerprint density at radius 3 is 2.20 bits per heavy atom. The highest BCUT2D eigenvalue weighted by Gasteiger charge is 2.62. The first-order valence-corrected chi connectivity index (χ1v) is 12.3. The zero-order valence-corrected chi connectivity index (χ0v) is 20.7. The van der Waals surface area contributed by atoms with Crippen LogP contribution in [0.1, 0.15) is 51.2 Å². The zero-order chi connectivity index (χ0) is 25.4. The van der Waals surface area contributed by atoms with Crippen LogP contribution < -0.4 is 0 Å². The third-order valence-electron chi connectivity index (χ3n) is 6.92. The molecule has 1 aliphatic heterocycles. The monoisotopic (exact) mass is 481 g/mol. The molecule has 188 valence electrons. The number of aliphatic hydroxyl groups is 1. The number of benzene rings is 2. The summed E-state index contributed by atoms with van der Waals surface area (Å²) in [4.78, 5) is 41.4. The number of hydrogen-bond donors (Lipinski definition) is 1. The Morgan fingerprint density at radius 2 is 1.63 bits per heavy atom. The maximum Gasteiger partial charge on any atom is 0.328 e. The molecule has 2 aromatic carbocycles. The van der Waals surface area contributed by atoms with Crippen molar-refractivity contribution in [2.24, 2.45) is 11.3 Å². The molecule has 7 nitrogen and oxygen atoms in total. The van der Waals surface area contributed by atoms with Crippen molar-refractivity contribution < 1.29 is 29.0 Å². The van der Waals surface area contributed by atoms with E-state index in [4.69, 9.17) is 9.47 Å². The predicted molar refractivity (Wildman–Crippen MR) is 131 cm³/mol. The Labute approximate surface area is 207 Å². The van der Waals surface area contributed by atoms with Crippen molar-refractivity contribution in [2.45, 2.75) is 65.3 Å². The van der Waals surface area contributed by atoms with Crippen molar-refractivity contribution in [1.82, 2.24) is 4.90 Å². The number of hydrogen-bond acceptors (Lipinski definition) is 6. The molecule has 2 aromatic rings. The average molecular weight is 482 g/mol. The van der Waals surface area contributed by atoms with Crippen molar-refractivity contribution in [2.75, 3.05) is 6.61 Å². The molecule has 4 atom stereocenters. The minimum absolute atomic E-state index is 0.0244. The highest BCUT2D eigenvalue weighted by molar-refractivity contribution is 6.06. The fourth-order valence-electron chi connectivity index (χ4n) is 4.73. The van der Waals surface area contributed by atoms with Gasteiger partial charge in [0.25, 0.3) is 0 Å². The second-order valence-corrected chi connectivity index (χ2v) is 9.03. The number of ether oxygens (including phenoxy) is 2. The van der Waals surface area contributed by atoms with Crippen LogP contribution in [0.5, 0.6) is 0 Å². The first kappa shape index (κ1) is 26.4. The van der Waals surface area contributed by atoms with Gasteiger partial charge >= 0.3 is 11.9 Å². The van der Waals surface area contributed by atoms with E-state index in [1.165, 1.54) is 0 Å². The lowest BCUT2D eigenvalue weighted by atomic mass is 9.73. The van der Waals surface area contributed by atoms with Crippen LogP contribution in [0.15, 0.2) is 60.7 Å². The largest absolute Gasteiger partial charge is 0.464 e. The molecule has 1 fully saturated rings. The normalized spacial score (nSPS) is 21.4. The van der Waals surface area contributed by atoms with Crippen LogP contribution in [0.25, 0.3) is 0 Å². The summed E-state index contributed by atoms with van der Waals surface area (Å²) in [6, 6.07) is 17.8. The van der Waals surface area contributed by atoms with Gasteiger partial charge in [0.15, 0.2) is 5.41 Å². The van der Waals surface area contributed by atoms with Crippen LogP contribution in [-0.2, 0) is 36.9 Å². The second-order valence-electron chi connectivity index (χ2n) is 9.03. The van der Waals surface area contributed by atoms with Crippen molar-refractivity contribution in [1.29, 1.82) is 0 Å². The maximum absolute atomic E-state index is 13.9. The summed E-state index contributed by atoms with van der Waals surface area (Å²) >= 11 is 0. The molecule has 0 bridgehead atoms. The lowest BCUT2D eigenvalue weighted by molar-refractivity contribution is -0.170. The molecule has 35 heavy (non-hydrogen) atoms. The molecule has 3 rings (SSSR count). The van der Waals surface area contributed by atoms with Crippen LogP contribution in [0.2, 0.25) is 0 Å². The molecule has 1 unspecified atom stereocenters. The summed E-state index contributed by atoms with van der Waals surface area (Å²) in [7, 11) is 0. The van der Waals surface area contributed by atoms with Crippen molar-refractivity contribution in [3.8, 4) is 0 Å². The Kier molecular flexibility index (Phi) is 9.04. The number of rotatable bonds is 11. The van der Waals surface area contributed by atoms with Crippen molar-refractivity contribution in [3.63, 3.8) is 0 Å². The summed E-state index contributed by atoms with van der Waals surface area (Å²) in [5.74, 6) is -2.24. The molecule has 0 spiro atoms.